The van der Waals surface area contributed by atoms with Crippen LogP contribution in [0.4, 0.5) is 0 Å². The third-order valence-electron chi connectivity index (χ3n) is 3.56. The molecule has 0 spiro atoms. The maximum atomic E-state index is 5.84. The van der Waals surface area contributed by atoms with E-state index in [4.69, 9.17) is 9.47 Å². The second-order valence-corrected chi connectivity index (χ2v) is 5.86. The second-order valence-electron chi connectivity index (χ2n) is 5.86. The molecule has 1 saturated heterocycles. The van der Waals surface area contributed by atoms with Gasteiger partial charge in [-0.15, -0.1) is 0 Å². The van der Waals surface area contributed by atoms with Gasteiger partial charge < -0.3 is 9.47 Å². The summed E-state index contributed by atoms with van der Waals surface area (Å²) >= 11 is 0. The molecule has 0 saturated carbocycles. The highest BCUT2D eigenvalue weighted by Gasteiger charge is 2.37. The van der Waals surface area contributed by atoms with Crippen molar-refractivity contribution in [1.29, 1.82) is 0 Å². The standard InChI is InChI=1S/C16H25NO2/c1-4-18-15-16(2,3)12-17(13-19-15)11-10-14-8-6-5-7-9-14/h5-9,15H,4,10-13H2,1-3H3. The number of rotatable bonds is 5. The maximum Gasteiger partial charge on any atom is 0.165 e. The molecule has 1 aliphatic rings. The minimum atomic E-state index is -0.0783. The van der Waals surface area contributed by atoms with E-state index in [0.717, 1.165) is 19.5 Å². The molecule has 1 heterocycles. The van der Waals surface area contributed by atoms with Crippen molar-refractivity contribution < 1.29 is 9.47 Å². The first kappa shape index (κ1) is 14.5. The van der Waals surface area contributed by atoms with Crippen LogP contribution in [0.2, 0.25) is 0 Å². The zero-order valence-electron chi connectivity index (χ0n) is 12.3. The Bertz CT molecular complexity index is 378. The van der Waals surface area contributed by atoms with Crippen LogP contribution < -0.4 is 0 Å². The topological polar surface area (TPSA) is 21.7 Å². The smallest absolute Gasteiger partial charge is 0.165 e. The molecule has 1 unspecified atom stereocenters. The first-order valence-electron chi connectivity index (χ1n) is 7.11. The summed E-state index contributed by atoms with van der Waals surface area (Å²) in [5.74, 6) is 0. The summed E-state index contributed by atoms with van der Waals surface area (Å²) in [7, 11) is 0. The summed E-state index contributed by atoms with van der Waals surface area (Å²) in [6.45, 7) is 9.86. The fraction of sp³-hybridized carbons (Fsp3) is 0.625. The van der Waals surface area contributed by atoms with Gasteiger partial charge in [0.15, 0.2) is 6.29 Å². The SMILES string of the molecule is CCOC1OCN(CCc2ccccc2)CC1(C)C. The predicted octanol–water partition coefficient (Wildman–Crippen LogP) is 2.91. The Balaban J connectivity index is 1.84. The molecule has 0 aromatic heterocycles. The number of hydrogen-bond acceptors (Lipinski definition) is 3. The Morgan fingerprint density at radius 2 is 2.05 bits per heavy atom. The van der Waals surface area contributed by atoms with Gasteiger partial charge in [-0.2, -0.15) is 0 Å². The van der Waals surface area contributed by atoms with E-state index in [1.807, 2.05) is 6.92 Å². The molecule has 1 aliphatic heterocycles. The average molecular weight is 263 g/mol. The summed E-state index contributed by atoms with van der Waals surface area (Å²) in [4.78, 5) is 2.36. The van der Waals surface area contributed by atoms with Gasteiger partial charge in [-0.1, -0.05) is 44.2 Å². The highest BCUT2D eigenvalue weighted by molar-refractivity contribution is 5.14. The van der Waals surface area contributed by atoms with E-state index in [2.05, 4.69) is 49.1 Å². The molecule has 3 heteroatoms. The molecule has 2 rings (SSSR count). The molecule has 1 aromatic rings. The molecule has 0 N–H and O–H groups in total. The average Bonchev–Trinajstić information content (AvgIpc) is 2.40. The van der Waals surface area contributed by atoms with Crippen molar-refractivity contribution in [2.75, 3.05) is 26.4 Å². The molecule has 3 nitrogen and oxygen atoms in total. The third-order valence-corrected chi connectivity index (χ3v) is 3.56. The normalized spacial score (nSPS) is 23.4. The molecule has 1 aromatic carbocycles. The van der Waals surface area contributed by atoms with Crippen LogP contribution in [0.3, 0.4) is 0 Å². The highest BCUT2D eigenvalue weighted by Crippen LogP contribution is 2.29. The quantitative estimate of drug-likeness (QED) is 0.815. The van der Waals surface area contributed by atoms with Crippen molar-refractivity contribution in [3.63, 3.8) is 0 Å². The monoisotopic (exact) mass is 263 g/mol. The van der Waals surface area contributed by atoms with E-state index in [1.54, 1.807) is 0 Å². The Hall–Kier alpha value is -0.900. The van der Waals surface area contributed by atoms with E-state index in [-0.39, 0.29) is 11.7 Å². The van der Waals surface area contributed by atoms with E-state index in [9.17, 15) is 0 Å². The summed E-state index contributed by atoms with van der Waals surface area (Å²) < 4.78 is 11.5. The number of nitrogens with zero attached hydrogens (tertiary/aromatic N) is 1. The molecule has 0 bridgehead atoms. The molecule has 106 valence electrons. The summed E-state index contributed by atoms with van der Waals surface area (Å²) in [6, 6.07) is 10.6. The first-order valence-corrected chi connectivity index (χ1v) is 7.11. The maximum absolute atomic E-state index is 5.84. The zero-order chi connectivity index (χ0) is 13.7. The van der Waals surface area contributed by atoms with Crippen LogP contribution in [-0.4, -0.2) is 37.6 Å². The van der Waals surface area contributed by atoms with Crippen molar-refractivity contribution >= 4 is 0 Å². The Labute approximate surface area is 116 Å². The summed E-state index contributed by atoms with van der Waals surface area (Å²) in [5.41, 5.74) is 1.43. The van der Waals surface area contributed by atoms with Gasteiger partial charge in [0.25, 0.3) is 0 Å². The molecule has 19 heavy (non-hydrogen) atoms. The summed E-state index contributed by atoms with van der Waals surface area (Å²) in [6.07, 6.45) is 0.991. The van der Waals surface area contributed by atoms with Crippen molar-refractivity contribution in [2.24, 2.45) is 5.41 Å². The van der Waals surface area contributed by atoms with Gasteiger partial charge in [-0.3, -0.25) is 4.90 Å². The van der Waals surface area contributed by atoms with Crippen molar-refractivity contribution in [3.8, 4) is 0 Å². The van der Waals surface area contributed by atoms with Crippen LogP contribution in [0, 0.1) is 5.41 Å². The number of ether oxygens (including phenoxy) is 2. The van der Waals surface area contributed by atoms with Crippen molar-refractivity contribution in [3.05, 3.63) is 35.9 Å². The predicted molar refractivity (Wildman–Crippen MR) is 76.9 cm³/mol. The lowest BCUT2D eigenvalue weighted by Gasteiger charge is -2.43. The van der Waals surface area contributed by atoms with Crippen LogP contribution in [0.25, 0.3) is 0 Å². The number of benzene rings is 1. The number of hydrogen-bond donors (Lipinski definition) is 0. The van der Waals surface area contributed by atoms with Crippen LogP contribution in [-0.2, 0) is 15.9 Å². The molecule has 0 radical (unpaired) electrons. The third kappa shape index (κ3) is 4.03. The fourth-order valence-electron chi connectivity index (χ4n) is 2.60. The van der Waals surface area contributed by atoms with Gasteiger partial charge in [0.2, 0.25) is 0 Å². The minimum absolute atomic E-state index is 0.0466. The molecule has 0 aliphatic carbocycles. The van der Waals surface area contributed by atoms with E-state index in [1.165, 1.54) is 5.56 Å². The van der Waals surface area contributed by atoms with Gasteiger partial charge in [0.1, 0.15) is 6.73 Å². The molecular weight excluding hydrogens is 238 g/mol. The largest absolute Gasteiger partial charge is 0.352 e. The van der Waals surface area contributed by atoms with Crippen LogP contribution in [0.5, 0.6) is 0 Å². The minimum Gasteiger partial charge on any atom is -0.352 e. The van der Waals surface area contributed by atoms with Gasteiger partial charge in [0.05, 0.1) is 0 Å². The van der Waals surface area contributed by atoms with Gasteiger partial charge >= 0.3 is 0 Å². The molecule has 1 fully saturated rings. The second kappa shape index (κ2) is 6.51. The first-order chi connectivity index (χ1) is 9.12. The molecular formula is C16H25NO2. The van der Waals surface area contributed by atoms with E-state index in [0.29, 0.717) is 13.3 Å². The molecule has 0 amide bonds. The Morgan fingerprint density at radius 1 is 1.32 bits per heavy atom. The molecule has 1 atom stereocenters. The lowest BCUT2D eigenvalue weighted by Crippen LogP contribution is -2.51. The van der Waals surface area contributed by atoms with E-state index >= 15 is 0 Å². The Kier molecular flexibility index (Phi) is 4.97. The Morgan fingerprint density at radius 3 is 2.68 bits per heavy atom. The van der Waals surface area contributed by atoms with Crippen LogP contribution >= 0.6 is 0 Å². The summed E-state index contributed by atoms with van der Waals surface area (Å²) in [5, 5.41) is 0. The lowest BCUT2D eigenvalue weighted by molar-refractivity contribution is -0.252. The lowest BCUT2D eigenvalue weighted by atomic mass is 9.90. The highest BCUT2D eigenvalue weighted by atomic mass is 16.7. The van der Waals surface area contributed by atoms with Crippen LogP contribution in [0.15, 0.2) is 30.3 Å². The van der Waals surface area contributed by atoms with Gasteiger partial charge in [-0.25, -0.2) is 0 Å². The van der Waals surface area contributed by atoms with Gasteiger partial charge in [-0.05, 0) is 18.9 Å². The van der Waals surface area contributed by atoms with Crippen LogP contribution in [0.1, 0.15) is 26.3 Å². The van der Waals surface area contributed by atoms with Gasteiger partial charge in [0, 0.05) is 25.1 Å². The van der Waals surface area contributed by atoms with Crippen molar-refractivity contribution in [2.45, 2.75) is 33.5 Å². The zero-order valence-corrected chi connectivity index (χ0v) is 12.3. The van der Waals surface area contributed by atoms with Crippen molar-refractivity contribution in [1.82, 2.24) is 4.90 Å². The fourth-order valence-corrected chi connectivity index (χ4v) is 2.60. The van der Waals surface area contributed by atoms with E-state index < -0.39 is 0 Å².